The number of nitrogens with zero attached hydrogens (tertiary/aromatic N) is 2. The molecule has 0 aliphatic carbocycles. The molecule has 1 saturated heterocycles. The zero-order valence-corrected chi connectivity index (χ0v) is 18.2. The summed E-state index contributed by atoms with van der Waals surface area (Å²) in [6, 6.07) is 13.8. The Labute approximate surface area is 182 Å². The Morgan fingerprint density at radius 3 is 2.53 bits per heavy atom. The average Bonchev–Trinajstić information content (AvgIpc) is 3.18. The lowest BCUT2D eigenvalue weighted by molar-refractivity contribution is 0.0949. The maximum atomic E-state index is 13.2. The van der Waals surface area contributed by atoms with Crippen molar-refractivity contribution in [2.24, 2.45) is 0 Å². The summed E-state index contributed by atoms with van der Waals surface area (Å²) in [5.74, 6) is 0.176. The van der Waals surface area contributed by atoms with Crippen LogP contribution in [0.1, 0.15) is 51.5 Å². The SMILES string of the molecule is Cc1cccc(C)c1-n1ncc(C(=O)NCc2ccccc2Cl)c1C1CCNCC1. The van der Waals surface area contributed by atoms with Gasteiger partial charge in [0.05, 0.1) is 23.1 Å². The van der Waals surface area contributed by atoms with Gasteiger partial charge < -0.3 is 10.6 Å². The Balaban J connectivity index is 1.70. The fourth-order valence-corrected chi connectivity index (χ4v) is 4.45. The molecule has 0 unspecified atom stereocenters. The highest BCUT2D eigenvalue weighted by atomic mass is 35.5. The normalized spacial score (nSPS) is 14.6. The number of hydrogen-bond donors (Lipinski definition) is 2. The van der Waals surface area contributed by atoms with Crippen LogP contribution in [0.3, 0.4) is 0 Å². The van der Waals surface area contributed by atoms with Gasteiger partial charge in [-0.15, -0.1) is 0 Å². The third kappa shape index (κ3) is 4.13. The van der Waals surface area contributed by atoms with Crippen molar-refractivity contribution in [3.63, 3.8) is 0 Å². The number of hydrogen-bond acceptors (Lipinski definition) is 3. The standard InChI is InChI=1S/C24H27ClN4O/c1-16-6-5-7-17(2)22(16)29-23(18-10-12-26-13-11-18)20(15-28-29)24(30)27-14-19-8-3-4-9-21(19)25/h3-9,15,18,26H,10-14H2,1-2H3,(H,27,30). The molecule has 2 N–H and O–H groups in total. The van der Waals surface area contributed by atoms with Crippen LogP contribution in [-0.4, -0.2) is 28.8 Å². The second-order valence-corrected chi connectivity index (χ2v) is 8.30. The maximum Gasteiger partial charge on any atom is 0.255 e. The van der Waals surface area contributed by atoms with Gasteiger partial charge in [-0.25, -0.2) is 4.68 Å². The number of rotatable bonds is 5. The lowest BCUT2D eigenvalue weighted by atomic mass is 9.91. The van der Waals surface area contributed by atoms with E-state index in [0.29, 0.717) is 17.1 Å². The van der Waals surface area contributed by atoms with Crippen LogP contribution in [-0.2, 0) is 6.54 Å². The van der Waals surface area contributed by atoms with Gasteiger partial charge in [0.25, 0.3) is 5.91 Å². The van der Waals surface area contributed by atoms with E-state index in [2.05, 4.69) is 47.8 Å². The largest absolute Gasteiger partial charge is 0.348 e. The highest BCUT2D eigenvalue weighted by Crippen LogP contribution is 2.32. The highest BCUT2D eigenvalue weighted by Gasteiger charge is 2.27. The van der Waals surface area contributed by atoms with Crippen LogP contribution in [0.25, 0.3) is 5.69 Å². The van der Waals surface area contributed by atoms with E-state index in [1.54, 1.807) is 6.20 Å². The van der Waals surface area contributed by atoms with Crippen molar-refractivity contribution < 1.29 is 4.79 Å². The fraction of sp³-hybridized carbons (Fsp3) is 0.333. The molecule has 1 aromatic heterocycles. The third-order valence-electron chi connectivity index (χ3n) is 5.83. The van der Waals surface area contributed by atoms with E-state index in [-0.39, 0.29) is 11.8 Å². The first-order valence-corrected chi connectivity index (χ1v) is 10.8. The molecule has 2 heterocycles. The van der Waals surface area contributed by atoms with Gasteiger partial charge in [-0.1, -0.05) is 48.0 Å². The Hall–Kier alpha value is -2.63. The second-order valence-electron chi connectivity index (χ2n) is 7.89. The van der Waals surface area contributed by atoms with Crippen LogP contribution in [0, 0.1) is 13.8 Å². The summed E-state index contributed by atoms with van der Waals surface area (Å²) in [7, 11) is 0. The van der Waals surface area contributed by atoms with Crippen LogP contribution < -0.4 is 10.6 Å². The van der Waals surface area contributed by atoms with Gasteiger partial charge in [0.1, 0.15) is 0 Å². The summed E-state index contributed by atoms with van der Waals surface area (Å²) in [4.78, 5) is 13.2. The number of halogens is 1. The van der Waals surface area contributed by atoms with Gasteiger partial charge in [-0.05, 0) is 62.5 Å². The van der Waals surface area contributed by atoms with Gasteiger partial charge in [-0.3, -0.25) is 4.79 Å². The molecule has 1 amide bonds. The first kappa shape index (κ1) is 20.6. The second kappa shape index (κ2) is 9.02. The van der Waals surface area contributed by atoms with E-state index >= 15 is 0 Å². The average molecular weight is 423 g/mol. The first-order chi connectivity index (χ1) is 14.6. The van der Waals surface area contributed by atoms with Gasteiger partial charge in [0.2, 0.25) is 0 Å². The summed E-state index contributed by atoms with van der Waals surface area (Å²) in [5.41, 5.74) is 5.92. The number of aryl methyl sites for hydroxylation is 2. The molecular weight excluding hydrogens is 396 g/mol. The number of carbonyl (C=O) groups excluding carboxylic acids is 1. The molecule has 0 spiro atoms. The minimum Gasteiger partial charge on any atom is -0.348 e. The molecule has 156 valence electrons. The lowest BCUT2D eigenvalue weighted by Crippen LogP contribution is -2.30. The van der Waals surface area contributed by atoms with Crippen molar-refractivity contribution in [1.82, 2.24) is 20.4 Å². The summed E-state index contributed by atoms with van der Waals surface area (Å²) >= 11 is 6.25. The zero-order valence-electron chi connectivity index (χ0n) is 17.4. The molecular formula is C24H27ClN4O. The number of amides is 1. The molecule has 0 atom stereocenters. The van der Waals surface area contributed by atoms with E-state index in [9.17, 15) is 4.79 Å². The topological polar surface area (TPSA) is 59.0 Å². The van der Waals surface area contributed by atoms with E-state index < -0.39 is 0 Å². The van der Waals surface area contributed by atoms with Gasteiger partial charge >= 0.3 is 0 Å². The Morgan fingerprint density at radius 1 is 1.13 bits per heavy atom. The Morgan fingerprint density at radius 2 is 1.83 bits per heavy atom. The number of piperidine rings is 1. The van der Waals surface area contributed by atoms with Crippen LogP contribution in [0.2, 0.25) is 5.02 Å². The van der Waals surface area contributed by atoms with Crippen molar-refractivity contribution in [3.05, 3.63) is 81.6 Å². The van der Waals surface area contributed by atoms with E-state index in [4.69, 9.17) is 11.6 Å². The Bertz CT molecular complexity index is 1030. The number of aromatic nitrogens is 2. The minimum atomic E-state index is -0.110. The number of benzene rings is 2. The van der Waals surface area contributed by atoms with Gasteiger partial charge in [-0.2, -0.15) is 5.10 Å². The van der Waals surface area contributed by atoms with Crippen LogP contribution in [0.5, 0.6) is 0 Å². The molecule has 0 bridgehead atoms. The molecule has 30 heavy (non-hydrogen) atoms. The van der Waals surface area contributed by atoms with Gasteiger partial charge in [0, 0.05) is 17.5 Å². The van der Waals surface area contributed by atoms with Crippen LogP contribution >= 0.6 is 11.6 Å². The third-order valence-corrected chi connectivity index (χ3v) is 6.19. The minimum absolute atomic E-state index is 0.110. The monoisotopic (exact) mass is 422 g/mol. The molecule has 4 rings (SSSR count). The quantitative estimate of drug-likeness (QED) is 0.634. The zero-order chi connectivity index (χ0) is 21.1. The van der Waals surface area contributed by atoms with Crippen molar-refractivity contribution in [1.29, 1.82) is 0 Å². The molecule has 6 heteroatoms. The van der Waals surface area contributed by atoms with E-state index in [0.717, 1.165) is 54.0 Å². The summed E-state index contributed by atoms with van der Waals surface area (Å²) < 4.78 is 1.99. The molecule has 1 fully saturated rings. The first-order valence-electron chi connectivity index (χ1n) is 10.4. The predicted molar refractivity (Wildman–Crippen MR) is 121 cm³/mol. The molecule has 0 saturated carbocycles. The van der Waals surface area contributed by atoms with Gasteiger partial charge in [0.15, 0.2) is 0 Å². The molecule has 3 aromatic rings. The number of para-hydroxylation sites is 1. The predicted octanol–water partition coefficient (Wildman–Crippen LogP) is 4.54. The van der Waals surface area contributed by atoms with Crippen molar-refractivity contribution in [2.75, 3.05) is 13.1 Å². The molecule has 5 nitrogen and oxygen atoms in total. The summed E-state index contributed by atoms with van der Waals surface area (Å²) in [6.45, 7) is 6.46. The summed E-state index contributed by atoms with van der Waals surface area (Å²) in [6.07, 6.45) is 3.69. The fourth-order valence-electron chi connectivity index (χ4n) is 4.25. The highest BCUT2D eigenvalue weighted by molar-refractivity contribution is 6.31. The van der Waals surface area contributed by atoms with Crippen molar-refractivity contribution >= 4 is 17.5 Å². The molecule has 1 aliphatic rings. The van der Waals surface area contributed by atoms with Crippen molar-refractivity contribution in [3.8, 4) is 5.69 Å². The number of nitrogens with one attached hydrogen (secondary N) is 2. The maximum absolute atomic E-state index is 13.2. The van der Waals surface area contributed by atoms with Crippen molar-refractivity contribution in [2.45, 2.75) is 39.2 Å². The molecule has 0 radical (unpaired) electrons. The van der Waals surface area contributed by atoms with E-state index in [1.165, 1.54) is 0 Å². The molecule has 2 aromatic carbocycles. The smallest absolute Gasteiger partial charge is 0.255 e. The Kier molecular flexibility index (Phi) is 6.21. The summed E-state index contributed by atoms with van der Waals surface area (Å²) in [5, 5.41) is 11.8. The molecule has 1 aliphatic heterocycles. The lowest BCUT2D eigenvalue weighted by Gasteiger charge is -2.25. The van der Waals surface area contributed by atoms with Crippen LogP contribution in [0.4, 0.5) is 0 Å². The van der Waals surface area contributed by atoms with E-state index in [1.807, 2.05) is 28.9 Å². The number of carbonyl (C=O) groups is 1. The van der Waals surface area contributed by atoms with Crippen LogP contribution in [0.15, 0.2) is 48.7 Å².